The molecule has 420 valence electrons. The van der Waals surface area contributed by atoms with Crippen molar-refractivity contribution in [1.29, 1.82) is 0 Å². The zero-order chi connectivity index (χ0) is 53.6. The van der Waals surface area contributed by atoms with E-state index in [1.807, 2.05) is 0 Å². The Balaban J connectivity index is 4.33. The molecular formula is C68H112O6. The Morgan fingerprint density at radius 1 is 0.284 bits per heavy atom. The fourth-order valence-electron chi connectivity index (χ4n) is 8.13. The van der Waals surface area contributed by atoms with Gasteiger partial charge >= 0.3 is 17.9 Å². The maximum atomic E-state index is 12.9. The van der Waals surface area contributed by atoms with Gasteiger partial charge in [-0.05, 0) is 116 Å². The number of hydrogen-bond donors (Lipinski definition) is 0. The van der Waals surface area contributed by atoms with Crippen LogP contribution in [0.15, 0.2) is 122 Å². The number of carbonyl (C=O) groups excluding carboxylic acids is 3. The van der Waals surface area contributed by atoms with E-state index in [-0.39, 0.29) is 31.1 Å². The normalized spacial score (nSPS) is 13.0. The van der Waals surface area contributed by atoms with Gasteiger partial charge in [0.1, 0.15) is 13.2 Å². The predicted molar refractivity (Wildman–Crippen MR) is 320 cm³/mol. The van der Waals surface area contributed by atoms with Gasteiger partial charge in [-0.25, -0.2) is 0 Å². The molecule has 0 aliphatic heterocycles. The van der Waals surface area contributed by atoms with Crippen molar-refractivity contribution < 1.29 is 28.6 Å². The Hall–Kier alpha value is -4.19. The molecule has 0 rings (SSSR count). The van der Waals surface area contributed by atoms with Crippen molar-refractivity contribution in [3.05, 3.63) is 122 Å². The van der Waals surface area contributed by atoms with Crippen LogP contribution < -0.4 is 0 Å². The standard InChI is InChI=1S/C68H112O6/c1-4-7-10-13-16-19-21-23-25-27-29-31-33-34-36-37-39-41-43-45-47-49-52-55-58-61-67(70)73-64-65(63-72-66(69)60-57-54-51-18-15-12-9-6-3)74-68(71)62-59-56-53-50-48-46-44-42-40-38-35-32-30-28-26-24-22-20-17-14-11-8-5-2/h7,10,16,19,22-25,28-31,34-36,38-39,41,45,47,65H,4-6,8-9,11-15,17-18,20-21,26-27,32-33,37,40,42-44,46,48-64H2,1-3H3/b10-7-,19-16-,24-22-,25-23-,30-28-,31-29-,36-34-,38-35-,41-39-,47-45-. The molecule has 6 heteroatoms. The number of rotatable bonds is 54. The van der Waals surface area contributed by atoms with E-state index in [2.05, 4.69) is 142 Å². The molecule has 0 bridgehead atoms. The third-order valence-corrected chi connectivity index (χ3v) is 12.7. The molecule has 0 amide bonds. The number of allylic oxidation sites excluding steroid dienone is 20. The maximum Gasteiger partial charge on any atom is 0.306 e. The minimum Gasteiger partial charge on any atom is -0.462 e. The molecule has 0 aromatic carbocycles. The van der Waals surface area contributed by atoms with E-state index >= 15 is 0 Å². The van der Waals surface area contributed by atoms with E-state index in [4.69, 9.17) is 14.2 Å². The van der Waals surface area contributed by atoms with Gasteiger partial charge in [0.25, 0.3) is 0 Å². The van der Waals surface area contributed by atoms with E-state index in [1.54, 1.807) is 0 Å². The van der Waals surface area contributed by atoms with Crippen LogP contribution in [0.1, 0.15) is 271 Å². The van der Waals surface area contributed by atoms with Crippen LogP contribution in [0.5, 0.6) is 0 Å². The van der Waals surface area contributed by atoms with Gasteiger partial charge in [0.15, 0.2) is 6.10 Å². The third kappa shape index (κ3) is 58.7. The van der Waals surface area contributed by atoms with Crippen LogP contribution in [0.3, 0.4) is 0 Å². The molecule has 0 radical (unpaired) electrons. The first-order valence-electron chi connectivity index (χ1n) is 30.5. The lowest BCUT2D eigenvalue weighted by Crippen LogP contribution is -2.30. The van der Waals surface area contributed by atoms with Crippen LogP contribution in [-0.4, -0.2) is 37.2 Å². The van der Waals surface area contributed by atoms with Crippen LogP contribution in [0.25, 0.3) is 0 Å². The van der Waals surface area contributed by atoms with Gasteiger partial charge in [0.2, 0.25) is 0 Å². The SMILES string of the molecule is CC/C=C\C/C=C\C/C=C\C/C=C\C/C=C\C/C=C\C/C=C\CCCCCC(=O)OCC(COC(=O)CCCCCCCCCC)OC(=O)CCCCCCCCCC/C=C\C/C=C\C/C=C\CCCCCCC. The fourth-order valence-corrected chi connectivity index (χ4v) is 8.13. The lowest BCUT2D eigenvalue weighted by Gasteiger charge is -2.18. The van der Waals surface area contributed by atoms with Crippen molar-refractivity contribution in [3.8, 4) is 0 Å². The molecule has 1 unspecified atom stereocenters. The molecule has 0 fully saturated rings. The summed E-state index contributed by atoms with van der Waals surface area (Å²) in [5.41, 5.74) is 0. The molecule has 74 heavy (non-hydrogen) atoms. The summed E-state index contributed by atoms with van der Waals surface area (Å²) in [6.07, 6.45) is 84.9. The second-order valence-corrected chi connectivity index (χ2v) is 19.9. The Morgan fingerprint density at radius 3 is 0.838 bits per heavy atom. The second-order valence-electron chi connectivity index (χ2n) is 19.9. The molecule has 1 atom stereocenters. The molecule has 6 nitrogen and oxygen atoms in total. The highest BCUT2D eigenvalue weighted by molar-refractivity contribution is 5.71. The maximum absolute atomic E-state index is 12.9. The number of carbonyl (C=O) groups is 3. The van der Waals surface area contributed by atoms with Gasteiger partial charge in [-0.15, -0.1) is 0 Å². The van der Waals surface area contributed by atoms with Crippen LogP contribution in [0, 0.1) is 0 Å². The van der Waals surface area contributed by atoms with Crippen LogP contribution in [-0.2, 0) is 28.6 Å². The highest BCUT2D eigenvalue weighted by atomic mass is 16.6. The third-order valence-electron chi connectivity index (χ3n) is 12.7. The van der Waals surface area contributed by atoms with E-state index in [9.17, 15) is 14.4 Å². The van der Waals surface area contributed by atoms with Crippen LogP contribution >= 0.6 is 0 Å². The van der Waals surface area contributed by atoms with Crippen molar-refractivity contribution in [2.75, 3.05) is 13.2 Å². The highest BCUT2D eigenvalue weighted by Gasteiger charge is 2.19. The first-order valence-corrected chi connectivity index (χ1v) is 30.5. The molecular weight excluding hydrogens is 913 g/mol. The van der Waals surface area contributed by atoms with E-state index < -0.39 is 6.10 Å². The van der Waals surface area contributed by atoms with Crippen molar-refractivity contribution in [2.45, 2.75) is 277 Å². The van der Waals surface area contributed by atoms with Crippen LogP contribution in [0.2, 0.25) is 0 Å². The number of ether oxygens (including phenoxy) is 3. The molecule has 0 heterocycles. The summed E-state index contributed by atoms with van der Waals surface area (Å²) in [5, 5.41) is 0. The topological polar surface area (TPSA) is 78.9 Å². The molecule has 0 N–H and O–H groups in total. The van der Waals surface area contributed by atoms with E-state index in [0.29, 0.717) is 19.3 Å². The average molecular weight is 1030 g/mol. The van der Waals surface area contributed by atoms with Gasteiger partial charge in [0, 0.05) is 19.3 Å². The predicted octanol–water partition coefficient (Wildman–Crippen LogP) is 20.8. The summed E-state index contributed by atoms with van der Waals surface area (Å²) in [6.45, 7) is 6.45. The molecule has 0 aliphatic rings. The Bertz CT molecular complexity index is 1550. The van der Waals surface area contributed by atoms with E-state index in [1.165, 1.54) is 103 Å². The lowest BCUT2D eigenvalue weighted by molar-refractivity contribution is -0.167. The van der Waals surface area contributed by atoms with Crippen molar-refractivity contribution in [3.63, 3.8) is 0 Å². The van der Waals surface area contributed by atoms with Gasteiger partial charge in [-0.1, -0.05) is 258 Å². The molecule has 0 saturated carbocycles. The van der Waals surface area contributed by atoms with Gasteiger partial charge < -0.3 is 14.2 Å². The Morgan fingerprint density at radius 2 is 0.527 bits per heavy atom. The largest absolute Gasteiger partial charge is 0.462 e. The van der Waals surface area contributed by atoms with Gasteiger partial charge in [-0.2, -0.15) is 0 Å². The summed E-state index contributed by atoms with van der Waals surface area (Å²) in [4.78, 5) is 38.1. The summed E-state index contributed by atoms with van der Waals surface area (Å²) in [5.74, 6) is -0.939. The van der Waals surface area contributed by atoms with Crippen molar-refractivity contribution >= 4 is 17.9 Å². The Kier molecular flexibility index (Phi) is 57.9. The number of esters is 3. The second kappa shape index (κ2) is 61.4. The molecule has 0 aliphatic carbocycles. The Labute approximate surface area is 456 Å². The smallest absolute Gasteiger partial charge is 0.306 e. The zero-order valence-electron chi connectivity index (χ0n) is 48.1. The molecule has 0 saturated heterocycles. The number of unbranched alkanes of at least 4 members (excludes halogenated alkanes) is 23. The summed E-state index contributed by atoms with van der Waals surface area (Å²) < 4.78 is 16.8. The van der Waals surface area contributed by atoms with Crippen molar-refractivity contribution in [1.82, 2.24) is 0 Å². The average Bonchev–Trinajstić information content (AvgIpc) is 3.40. The fraction of sp³-hybridized carbons (Fsp3) is 0.662. The monoisotopic (exact) mass is 1020 g/mol. The van der Waals surface area contributed by atoms with Crippen LogP contribution in [0.4, 0.5) is 0 Å². The number of hydrogen-bond acceptors (Lipinski definition) is 6. The van der Waals surface area contributed by atoms with E-state index in [0.717, 1.165) is 128 Å². The molecule has 0 aromatic rings. The first-order chi connectivity index (χ1) is 36.5. The first kappa shape index (κ1) is 69.8. The molecule has 0 aromatic heterocycles. The minimum absolute atomic E-state index is 0.0934. The van der Waals surface area contributed by atoms with Gasteiger partial charge in [-0.3, -0.25) is 14.4 Å². The summed E-state index contributed by atoms with van der Waals surface area (Å²) in [6, 6.07) is 0. The zero-order valence-corrected chi connectivity index (χ0v) is 48.1. The minimum atomic E-state index is -0.798. The van der Waals surface area contributed by atoms with Crippen molar-refractivity contribution in [2.24, 2.45) is 0 Å². The van der Waals surface area contributed by atoms with Gasteiger partial charge in [0.05, 0.1) is 0 Å². The molecule has 0 spiro atoms. The summed E-state index contributed by atoms with van der Waals surface area (Å²) >= 11 is 0. The summed E-state index contributed by atoms with van der Waals surface area (Å²) in [7, 11) is 0. The highest BCUT2D eigenvalue weighted by Crippen LogP contribution is 2.14. The quantitative estimate of drug-likeness (QED) is 0.0261. The lowest BCUT2D eigenvalue weighted by atomic mass is 10.1.